The van der Waals surface area contributed by atoms with Gasteiger partial charge in [-0.25, -0.2) is 0 Å². The predicted octanol–water partition coefficient (Wildman–Crippen LogP) is 5.00. The van der Waals surface area contributed by atoms with Crippen molar-refractivity contribution >= 4 is 0 Å². The molecule has 0 saturated carbocycles. The Balaban J connectivity index is 5.38. The van der Waals surface area contributed by atoms with Crippen LogP contribution in [0.5, 0.6) is 0 Å². The van der Waals surface area contributed by atoms with Gasteiger partial charge in [-0.1, -0.05) is 40.0 Å². The fourth-order valence-electron chi connectivity index (χ4n) is 3.90. The number of hydrogen-bond acceptors (Lipinski definition) is 0. The molecule has 0 radical (unpaired) electrons. The summed E-state index contributed by atoms with van der Waals surface area (Å²) in [5.41, 5.74) is 0. The van der Waals surface area contributed by atoms with E-state index in [1.807, 2.05) is 0 Å². The summed E-state index contributed by atoms with van der Waals surface area (Å²) in [5.74, 6) is 0. The molecule has 0 atom stereocenters. The maximum atomic E-state index is 2.41. The molecule has 0 rings (SSSR count). The van der Waals surface area contributed by atoms with E-state index >= 15 is 0 Å². The zero-order valence-corrected chi connectivity index (χ0v) is 15.4. The lowest BCUT2D eigenvalue weighted by Gasteiger charge is -2.53. The topological polar surface area (TPSA) is 0 Å². The summed E-state index contributed by atoms with van der Waals surface area (Å²) in [6, 6.07) is 0. The van der Waals surface area contributed by atoms with Crippen molar-refractivity contribution in [3.05, 3.63) is 0 Å². The molecule has 0 N–H and O–H groups in total. The van der Waals surface area contributed by atoms with Gasteiger partial charge in [-0.05, 0) is 20.8 Å². The van der Waals surface area contributed by atoms with Crippen LogP contribution in [0.2, 0.25) is 0 Å². The van der Waals surface area contributed by atoms with E-state index in [1.54, 1.807) is 0 Å². The summed E-state index contributed by atoms with van der Waals surface area (Å²) in [4.78, 5) is 0. The zero-order chi connectivity index (χ0) is 15.5. The molecule has 0 aromatic rings. The second-order valence-electron chi connectivity index (χ2n) is 6.37. The fraction of sp³-hybridized carbons (Fsp3) is 1.00. The van der Waals surface area contributed by atoms with Crippen molar-refractivity contribution in [1.82, 2.24) is 0 Å². The van der Waals surface area contributed by atoms with E-state index in [1.165, 1.54) is 87.0 Å². The molecule has 0 heterocycles. The predicted molar refractivity (Wildman–Crippen MR) is 91.5 cm³/mol. The van der Waals surface area contributed by atoms with E-state index in [2.05, 4.69) is 41.5 Å². The Morgan fingerprint density at radius 3 is 0.950 bits per heavy atom. The van der Waals surface area contributed by atoms with Crippen molar-refractivity contribution in [2.45, 2.75) is 80.1 Å². The van der Waals surface area contributed by atoms with E-state index in [0.29, 0.717) is 0 Å². The van der Waals surface area contributed by atoms with Gasteiger partial charge < -0.3 is 0 Å². The molecule has 0 aromatic carbocycles. The van der Waals surface area contributed by atoms with Crippen LogP contribution in [0.4, 0.5) is 0 Å². The lowest BCUT2D eigenvalue weighted by atomic mass is 10.2. The van der Waals surface area contributed by atoms with Gasteiger partial charge in [-0.3, -0.25) is 0 Å². The summed E-state index contributed by atoms with van der Waals surface area (Å²) >= 11 is 0. The Morgan fingerprint density at radius 2 is 0.750 bits per heavy atom. The number of nitrogens with zero attached hydrogens (tertiary/aromatic N) is 2. The van der Waals surface area contributed by atoms with E-state index in [9.17, 15) is 0 Å². The molecular formula is C18H42N2+2. The summed E-state index contributed by atoms with van der Waals surface area (Å²) in [6.45, 7) is 22.2. The van der Waals surface area contributed by atoms with E-state index in [-0.39, 0.29) is 0 Å². The third kappa shape index (κ3) is 4.73. The Bertz CT molecular complexity index is 191. The highest BCUT2D eigenvalue weighted by Gasteiger charge is 2.45. The van der Waals surface area contributed by atoms with Gasteiger partial charge in [0.05, 0.1) is 0 Å². The van der Waals surface area contributed by atoms with Gasteiger partial charge >= 0.3 is 0 Å². The van der Waals surface area contributed by atoms with Gasteiger partial charge in [-0.2, -0.15) is 9.18 Å². The Labute approximate surface area is 129 Å². The van der Waals surface area contributed by atoms with E-state index in [0.717, 1.165) is 0 Å². The van der Waals surface area contributed by atoms with E-state index < -0.39 is 0 Å². The number of rotatable bonds is 13. The molecule has 0 aliphatic heterocycles. The third-order valence-corrected chi connectivity index (χ3v) is 5.45. The lowest BCUT2D eigenvalue weighted by molar-refractivity contribution is -1.49. The molecule has 20 heavy (non-hydrogen) atoms. The van der Waals surface area contributed by atoms with Crippen LogP contribution in [0.1, 0.15) is 80.1 Å². The second kappa shape index (κ2) is 10.6. The summed E-state index contributed by atoms with van der Waals surface area (Å²) < 4.78 is 2.64. The zero-order valence-electron chi connectivity index (χ0n) is 15.4. The van der Waals surface area contributed by atoms with Gasteiger partial charge in [0.15, 0.2) is 0 Å². The normalized spacial score (nSPS) is 12.9. The van der Waals surface area contributed by atoms with Crippen LogP contribution in [0.15, 0.2) is 0 Å². The summed E-state index contributed by atoms with van der Waals surface area (Å²) in [7, 11) is 0. The molecular weight excluding hydrogens is 244 g/mol. The van der Waals surface area contributed by atoms with Crippen molar-refractivity contribution in [3.8, 4) is 0 Å². The van der Waals surface area contributed by atoms with Crippen LogP contribution in [0.25, 0.3) is 0 Å². The SMILES string of the molecule is CCCC[N+](CCCC)(CCCC)[N+](CC)(CC)CC. The summed E-state index contributed by atoms with van der Waals surface area (Å²) in [6.07, 6.45) is 8.13. The van der Waals surface area contributed by atoms with Gasteiger partial charge in [-0.15, -0.1) is 0 Å². The van der Waals surface area contributed by atoms with E-state index in [4.69, 9.17) is 0 Å². The minimum atomic E-state index is 1.28. The number of hydrogen-bond donors (Lipinski definition) is 0. The van der Waals surface area contributed by atoms with Crippen molar-refractivity contribution in [2.24, 2.45) is 0 Å². The highest BCUT2D eigenvalue weighted by molar-refractivity contribution is 4.44. The van der Waals surface area contributed by atoms with Gasteiger partial charge in [0.1, 0.15) is 39.3 Å². The Morgan fingerprint density at radius 1 is 0.450 bits per heavy atom. The molecule has 0 aliphatic rings. The first kappa shape index (κ1) is 19.9. The molecule has 0 saturated heterocycles. The van der Waals surface area contributed by atoms with Crippen molar-refractivity contribution in [3.63, 3.8) is 0 Å². The maximum Gasteiger partial charge on any atom is 0.122 e. The molecule has 0 spiro atoms. The molecule has 122 valence electrons. The minimum absolute atomic E-state index is 1.28. The summed E-state index contributed by atoms with van der Waals surface area (Å²) in [5, 5.41) is 0. The molecule has 0 bridgehead atoms. The van der Waals surface area contributed by atoms with Crippen LogP contribution >= 0.6 is 0 Å². The highest BCUT2D eigenvalue weighted by atomic mass is 15.9. The molecule has 0 fully saturated rings. The largest absolute Gasteiger partial charge is 0.171 e. The van der Waals surface area contributed by atoms with Crippen LogP contribution in [-0.2, 0) is 0 Å². The monoisotopic (exact) mass is 286 g/mol. The first-order chi connectivity index (χ1) is 9.61. The van der Waals surface area contributed by atoms with Crippen molar-refractivity contribution < 1.29 is 9.18 Å². The average molecular weight is 287 g/mol. The first-order valence-electron chi connectivity index (χ1n) is 9.34. The standard InChI is InChI=1S/C18H42N2/c1-7-13-16-20(17-14-8-2,18-15-9-3)19(10-4,11-5)12-6/h7-18H2,1-6H3/q+2. The number of unbranched alkanes of at least 4 members (excludes halogenated alkanes) is 3. The van der Waals surface area contributed by atoms with Gasteiger partial charge in [0, 0.05) is 19.3 Å². The first-order valence-corrected chi connectivity index (χ1v) is 9.34. The molecule has 2 heteroatoms. The minimum Gasteiger partial charge on any atom is -0.171 e. The molecule has 0 aliphatic carbocycles. The maximum absolute atomic E-state index is 2.41. The van der Waals surface area contributed by atoms with Gasteiger partial charge in [0.2, 0.25) is 0 Å². The Kier molecular flexibility index (Phi) is 10.6. The quantitative estimate of drug-likeness (QED) is 0.330. The van der Waals surface area contributed by atoms with Crippen LogP contribution in [0, 0.1) is 0 Å². The molecule has 0 amide bonds. The molecule has 0 unspecified atom stereocenters. The van der Waals surface area contributed by atoms with Crippen molar-refractivity contribution in [1.29, 1.82) is 0 Å². The Hall–Kier alpha value is -0.0800. The lowest BCUT2D eigenvalue weighted by Crippen LogP contribution is -2.73. The fourth-order valence-corrected chi connectivity index (χ4v) is 3.90. The number of quaternary nitrogens is 2. The van der Waals surface area contributed by atoms with Crippen LogP contribution in [-0.4, -0.2) is 48.5 Å². The van der Waals surface area contributed by atoms with Crippen LogP contribution in [0.3, 0.4) is 0 Å². The smallest absolute Gasteiger partial charge is 0.122 e. The second-order valence-corrected chi connectivity index (χ2v) is 6.37. The van der Waals surface area contributed by atoms with Crippen LogP contribution < -0.4 is 0 Å². The average Bonchev–Trinajstić information content (AvgIpc) is 2.50. The molecule has 0 aromatic heterocycles. The highest BCUT2D eigenvalue weighted by Crippen LogP contribution is 2.27. The third-order valence-electron chi connectivity index (χ3n) is 5.45. The van der Waals surface area contributed by atoms with Gasteiger partial charge in [0.25, 0.3) is 0 Å². The molecule has 2 nitrogen and oxygen atoms in total. The van der Waals surface area contributed by atoms with Crippen molar-refractivity contribution in [2.75, 3.05) is 39.3 Å².